The van der Waals surface area contributed by atoms with E-state index in [4.69, 9.17) is 0 Å². The average Bonchev–Trinajstić information content (AvgIpc) is 2.53. The summed E-state index contributed by atoms with van der Waals surface area (Å²) in [5.41, 5.74) is 2.44. The minimum atomic E-state index is -0.286. The summed E-state index contributed by atoms with van der Waals surface area (Å²) in [5, 5.41) is 3.30. The first-order chi connectivity index (χ1) is 10.7. The number of aromatic nitrogens is 3. The maximum Gasteiger partial charge on any atom is 0.130 e. The lowest BCUT2D eigenvalue weighted by Crippen LogP contribution is -2.15. The summed E-state index contributed by atoms with van der Waals surface area (Å²) >= 11 is 0. The first kappa shape index (κ1) is 14.1. The summed E-state index contributed by atoms with van der Waals surface area (Å²) in [4.78, 5) is 12.7. The molecule has 2 aromatic heterocycles. The van der Waals surface area contributed by atoms with Crippen molar-refractivity contribution >= 4 is 5.82 Å². The molecule has 0 bridgehead atoms. The summed E-state index contributed by atoms with van der Waals surface area (Å²) in [7, 11) is 0. The Morgan fingerprint density at radius 2 is 1.91 bits per heavy atom. The molecular formula is C17H15FN4. The fraction of sp³-hybridized carbons (Fsp3) is 0.118. The molecule has 0 aliphatic heterocycles. The average molecular weight is 294 g/mol. The highest BCUT2D eigenvalue weighted by Gasteiger charge is 2.16. The fourth-order valence-corrected chi connectivity index (χ4v) is 2.24. The number of rotatable bonds is 4. The molecule has 3 aromatic rings. The van der Waals surface area contributed by atoms with Crippen LogP contribution < -0.4 is 5.32 Å². The van der Waals surface area contributed by atoms with Gasteiger partial charge < -0.3 is 5.32 Å². The Morgan fingerprint density at radius 1 is 1.00 bits per heavy atom. The van der Waals surface area contributed by atoms with Gasteiger partial charge in [-0.05, 0) is 36.8 Å². The van der Waals surface area contributed by atoms with Crippen LogP contribution in [-0.2, 0) is 0 Å². The SMILES string of the molecule is Cc1cc(NC(c2cccc(F)c2)c2ccccn2)ncn1. The normalized spacial score (nSPS) is 11.9. The number of nitrogens with zero attached hydrogens (tertiary/aromatic N) is 3. The second kappa shape index (κ2) is 6.30. The molecule has 5 heteroatoms. The maximum atomic E-state index is 13.6. The smallest absolute Gasteiger partial charge is 0.130 e. The van der Waals surface area contributed by atoms with Gasteiger partial charge in [0.05, 0.1) is 11.7 Å². The monoisotopic (exact) mass is 294 g/mol. The van der Waals surface area contributed by atoms with E-state index < -0.39 is 0 Å². The number of hydrogen-bond donors (Lipinski definition) is 1. The number of pyridine rings is 1. The van der Waals surface area contributed by atoms with E-state index in [1.54, 1.807) is 12.3 Å². The van der Waals surface area contributed by atoms with Crippen molar-refractivity contribution in [2.45, 2.75) is 13.0 Å². The topological polar surface area (TPSA) is 50.7 Å². The van der Waals surface area contributed by atoms with Gasteiger partial charge in [-0.15, -0.1) is 0 Å². The van der Waals surface area contributed by atoms with Gasteiger partial charge in [0.2, 0.25) is 0 Å². The summed E-state index contributed by atoms with van der Waals surface area (Å²) in [5.74, 6) is 0.395. The molecule has 0 saturated carbocycles. The fourth-order valence-electron chi connectivity index (χ4n) is 2.24. The third-order valence-electron chi connectivity index (χ3n) is 3.26. The zero-order valence-corrected chi connectivity index (χ0v) is 12.1. The molecular weight excluding hydrogens is 279 g/mol. The number of benzene rings is 1. The quantitative estimate of drug-likeness (QED) is 0.800. The Bertz CT molecular complexity index is 761. The van der Waals surface area contributed by atoms with Crippen molar-refractivity contribution in [1.82, 2.24) is 15.0 Å². The molecule has 3 rings (SSSR count). The number of aryl methyl sites for hydroxylation is 1. The molecule has 0 fully saturated rings. The first-order valence-corrected chi connectivity index (χ1v) is 6.94. The Kier molecular flexibility index (Phi) is 4.05. The van der Waals surface area contributed by atoms with E-state index in [1.807, 2.05) is 37.3 Å². The van der Waals surface area contributed by atoms with Crippen LogP contribution in [0, 0.1) is 12.7 Å². The highest BCUT2D eigenvalue weighted by molar-refractivity contribution is 5.43. The van der Waals surface area contributed by atoms with Crippen molar-refractivity contribution in [3.8, 4) is 0 Å². The zero-order chi connectivity index (χ0) is 15.4. The molecule has 0 saturated heterocycles. The molecule has 1 aromatic carbocycles. The van der Waals surface area contributed by atoms with E-state index in [-0.39, 0.29) is 11.9 Å². The van der Waals surface area contributed by atoms with E-state index in [0.29, 0.717) is 5.82 Å². The molecule has 110 valence electrons. The van der Waals surface area contributed by atoms with Gasteiger partial charge >= 0.3 is 0 Å². The van der Waals surface area contributed by atoms with Crippen molar-refractivity contribution < 1.29 is 4.39 Å². The zero-order valence-electron chi connectivity index (χ0n) is 12.1. The molecule has 1 atom stereocenters. The Balaban J connectivity index is 2.00. The molecule has 2 heterocycles. The van der Waals surface area contributed by atoms with E-state index >= 15 is 0 Å². The lowest BCUT2D eigenvalue weighted by Gasteiger charge is -2.19. The van der Waals surface area contributed by atoms with Crippen LogP contribution in [0.4, 0.5) is 10.2 Å². The highest BCUT2D eigenvalue weighted by atomic mass is 19.1. The number of halogens is 1. The predicted octanol–water partition coefficient (Wildman–Crippen LogP) is 3.52. The molecule has 4 nitrogen and oxygen atoms in total. The molecule has 0 aliphatic carbocycles. The standard InChI is InChI=1S/C17H15FN4/c1-12-9-16(21-11-20-12)22-17(15-7-2-3-8-19-15)13-5-4-6-14(18)10-13/h2-11,17H,1H3,(H,20,21,22). The Morgan fingerprint density at radius 3 is 2.64 bits per heavy atom. The van der Waals surface area contributed by atoms with Crippen molar-refractivity contribution in [2.75, 3.05) is 5.32 Å². The molecule has 0 amide bonds. The van der Waals surface area contributed by atoms with Gasteiger partial charge in [-0.25, -0.2) is 14.4 Å². The Labute approximate surface area is 128 Å². The van der Waals surface area contributed by atoms with Gasteiger partial charge in [0.15, 0.2) is 0 Å². The number of anilines is 1. The van der Waals surface area contributed by atoms with E-state index in [2.05, 4.69) is 20.3 Å². The minimum Gasteiger partial charge on any atom is -0.357 e. The van der Waals surface area contributed by atoms with E-state index in [0.717, 1.165) is 17.0 Å². The Hall–Kier alpha value is -2.82. The van der Waals surface area contributed by atoms with Crippen LogP contribution in [0.3, 0.4) is 0 Å². The predicted molar refractivity (Wildman–Crippen MR) is 82.9 cm³/mol. The van der Waals surface area contributed by atoms with Crippen LogP contribution in [-0.4, -0.2) is 15.0 Å². The lowest BCUT2D eigenvalue weighted by molar-refractivity contribution is 0.624. The van der Waals surface area contributed by atoms with Gasteiger partial charge in [0.25, 0.3) is 0 Å². The van der Waals surface area contributed by atoms with E-state index in [9.17, 15) is 4.39 Å². The molecule has 0 radical (unpaired) electrons. The molecule has 1 unspecified atom stereocenters. The lowest BCUT2D eigenvalue weighted by atomic mass is 10.0. The third-order valence-corrected chi connectivity index (χ3v) is 3.26. The van der Waals surface area contributed by atoms with Gasteiger partial charge in [0.1, 0.15) is 18.0 Å². The molecule has 0 aliphatic rings. The van der Waals surface area contributed by atoms with Crippen molar-refractivity contribution in [3.05, 3.63) is 83.8 Å². The van der Waals surface area contributed by atoms with Crippen LogP contribution in [0.1, 0.15) is 23.0 Å². The largest absolute Gasteiger partial charge is 0.357 e. The third kappa shape index (κ3) is 3.25. The van der Waals surface area contributed by atoms with Crippen LogP contribution >= 0.6 is 0 Å². The molecule has 0 spiro atoms. The van der Waals surface area contributed by atoms with E-state index in [1.165, 1.54) is 18.5 Å². The summed E-state index contributed by atoms with van der Waals surface area (Å²) < 4.78 is 13.6. The summed E-state index contributed by atoms with van der Waals surface area (Å²) in [6.45, 7) is 1.89. The van der Waals surface area contributed by atoms with Crippen LogP contribution in [0.2, 0.25) is 0 Å². The summed E-state index contributed by atoms with van der Waals surface area (Å²) in [6, 6.07) is 13.7. The first-order valence-electron chi connectivity index (χ1n) is 6.94. The highest BCUT2D eigenvalue weighted by Crippen LogP contribution is 2.25. The summed E-state index contributed by atoms with van der Waals surface area (Å²) in [6.07, 6.45) is 3.22. The van der Waals surface area contributed by atoms with Crippen LogP contribution in [0.5, 0.6) is 0 Å². The molecule has 1 N–H and O–H groups in total. The number of hydrogen-bond acceptors (Lipinski definition) is 4. The van der Waals surface area contributed by atoms with Crippen molar-refractivity contribution in [3.63, 3.8) is 0 Å². The second-order valence-electron chi connectivity index (χ2n) is 4.93. The van der Waals surface area contributed by atoms with Crippen LogP contribution in [0.15, 0.2) is 61.1 Å². The maximum absolute atomic E-state index is 13.6. The van der Waals surface area contributed by atoms with Crippen LogP contribution in [0.25, 0.3) is 0 Å². The minimum absolute atomic E-state index is 0.279. The van der Waals surface area contributed by atoms with Crippen molar-refractivity contribution in [2.24, 2.45) is 0 Å². The van der Waals surface area contributed by atoms with Gasteiger partial charge in [-0.1, -0.05) is 18.2 Å². The molecule has 22 heavy (non-hydrogen) atoms. The number of nitrogens with one attached hydrogen (secondary N) is 1. The van der Waals surface area contributed by atoms with Gasteiger partial charge in [-0.3, -0.25) is 4.98 Å². The van der Waals surface area contributed by atoms with Gasteiger partial charge in [0, 0.05) is 18.0 Å². The second-order valence-corrected chi connectivity index (χ2v) is 4.93. The van der Waals surface area contributed by atoms with Gasteiger partial charge in [-0.2, -0.15) is 0 Å². The van der Waals surface area contributed by atoms with Crippen molar-refractivity contribution in [1.29, 1.82) is 0 Å².